The molecule has 0 saturated carbocycles. The summed E-state index contributed by atoms with van der Waals surface area (Å²) in [5, 5.41) is 0.439. The Morgan fingerprint density at radius 1 is 1.24 bits per heavy atom. The largest absolute Gasteiger partial charge is 0.455 e. The molecule has 0 atom stereocenters. The summed E-state index contributed by atoms with van der Waals surface area (Å²) in [6.45, 7) is 0. The Labute approximate surface area is 94.1 Å². The van der Waals surface area contributed by atoms with Gasteiger partial charge in [-0.1, -0.05) is 18.2 Å². The van der Waals surface area contributed by atoms with Gasteiger partial charge in [-0.15, -0.1) is 0 Å². The van der Waals surface area contributed by atoms with Crippen molar-refractivity contribution in [3.05, 3.63) is 35.9 Å². The second-order valence-corrected chi connectivity index (χ2v) is 3.44. The summed E-state index contributed by atoms with van der Waals surface area (Å²) in [7, 11) is 0. The number of fused-ring (bicyclic) bond motifs is 1. The van der Waals surface area contributed by atoms with Crippen LogP contribution in [-0.2, 0) is 0 Å². The number of pyridine rings is 1. The highest BCUT2D eigenvalue weighted by molar-refractivity contribution is 6.06. The number of aromatic nitrogens is 1. The van der Waals surface area contributed by atoms with Crippen molar-refractivity contribution in [1.82, 2.24) is 4.98 Å². The van der Waals surface area contributed by atoms with Gasteiger partial charge in [0.25, 0.3) is 5.78 Å². The number of halogens is 3. The fourth-order valence-electron chi connectivity index (χ4n) is 1.47. The summed E-state index contributed by atoms with van der Waals surface area (Å²) >= 11 is 0. The Morgan fingerprint density at radius 3 is 2.53 bits per heavy atom. The molecule has 0 fully saturated rings. The lowest BCUT2D eigenvalue weighted by Gasteiger charge is -2.08. The number of nitrogens with two attached hydrogens (primary N) is 1. The molecule has 0 saturated heterocycles. The average Bonchev–Trinajstić information content (AvgIpc) is 2.26. The first kappa shape index (κ1) is 11.4. The van der Waals surface area contributed by atoms with Crippen molar-refractivity contribution >= 4 is 22.5 Å². The van der Waals surface area contributed by atoms with Crippen LogP contribution in [0.15, 0.2) is 30.3 Å². The molecule has 0 spiro atoms. The molecule has 1 aromatic carbocycles. The zero-order chi connectivity index (χ0) is 12.6. The first-order chi connectivity index (χ1) is 7.89. The maximum atomic E-state index is 12.3. The van der Waals surface area contributed by atoms with E-state index in [1.54, 1.807) is 24.3 Å². The molecule has 17 heavy (non-hydrogen) atoms. The van der Waals surface area contributed by atoms with Gasteiger partial charge in [0.2, 0.25) is 0 Å². The molecule has 0 radical (unpaired) electrons. The van der Waals surface area contributed by atoms with Crippen LogP contribution in [0.2, 0.25) is 0 Å². The third-order valence-corrected chi connectivity index (χ3v) is 2.26. The maximum absolute atomic E-state index is 12.3. The van der Waals surface area contributed by atoms with Gasteiger partial charge in [-0.2, -0.15) is 13.2 Å². The number of hydrogen-bond donors (Lipinski definition) is 1. The van der Waals surface area contributed by atoms with Crippen molar-refractivity contribution in [2.75, 3.05) is 5.73 Å². The average molecular weight is 240 g/mol. The quantitative estimate of drug-likeness (QED) is 0.779. The Bertz CT molecular complexity index is 593. The highest BCUT2D eigenvalue weighted by Crippen LogP contribution is 2.26. The zero-order valence-corrected chi connectivity index (χ0v) is 8.45. The number of carbonyl (C=O) groups is 1. The number of anilines is 1. The second kappa shape index (κ2) is 3.73. The Morgan fingerprint density at radius 2 is 1.88 bits per heavy atom. The smallest absolute Gasteiger partial charge is 0.383 e. The summed E-state index contributed by atoms with van der Waals surface area (Å²) in [6.07, 6.45) is -4.95. The van der Waals surface area contributed by atoms with Gasteiger partial charge < -0.3 is 5.73 Å². The molecule has 0 aliphatic heterocycles. The number of benzene rings is 1. The van der Waals surface area contributed by atoms with Crippen molar-refractivity contribution in [2.24, 2.45) is 0 Å². The third-order valence-electron chi connectivity index (χ3n) is 2.26. The Balaban J connectivity index is 2.63. The van der Waals surface area contributed by atoms with E-state index in [2.05, 4.69) is 4.98 Å². The number of para-hydroxylation sites is 1. The molecular formula is C11H7F3N2O. The lowest BCUT2D eigenvalue weighted by molar-refractivity contribution is -0.0884. The SMILES string of the molecule is Nc1nc2ccccc2cc1C(=O)C(F)(F)F. The van der Waals surface area contributed by atoms with Gasteiger partial charge in [0.1, 0.15) is 5.82 Å². The van der Waals surface area contributed by atoms with E-state index in [-0.39, 0.29) is 0 Å². The molecule has 1 heterocycles. The highest BCUT2D eigenvalue weighted by Gasteiger charge is 2.40. The molecule has 1 aromatic heterocycles. The van der Waals surface area contributed by atoms with Gasteiger partial charge in [-0.3, -0.25) is 4.79 Å². The molecular weight excluding hydrogens is 233 g/mol. The molecule has 88 valence electrons. The van der Waals surface area contributed by atoms with Gasteiger partial charge in [-0.25, -0.2) is 4.98 Å². The monoisotopic (exact) mass is 240 g/mol. The summed E-state index contributed by atoms with van der Waals surface area (Å²) in [4.78, 5) is 14.9. The number of nitrogens with zero attached hydrogens (tertiary/aromatic N) is 1. The van der Waals surface area contributed by atoms with Crippen LogP contribution in [0, 0.1) is 0 Å². The number of alkyl halides is 3. The van der Waals surface area contributed by atoms with Crippen LogP contribution in [0.5, 0.6) is 0 Å². The molecule has 2 aromatic rings. The number of ketones is 1. The Hall–Kier alpha value is -2.11. The van der Waals surface area contributed by atoms with Crippen LogP contribution in [-0.4, -0.2) is 16.9 Å². The minimum absolute atomic E-state index is 0.411. The molecule has 0 bridgehead atoms. The van der Waals surface area contributed by atoms with Crippen LogP contribution in [0.1, 0.15) is 10.4 Å². The van der Waals surface area contributed by atoms with Crippen molar-refractivity contribution in [3.63, 3.8) is 0 Å². The lowest BCUT2D eigenvalue weighted by atomic mass is 10.1. The minimum Gasteiger partial charge on any atom is -0.383 e. The van der Waals surface area contributed by atoms with E-state index >= 15 is 0 Å². The van der Waals surface area contributed by atoms with E-state index in [9.17, 15) is 18.0 Å². The number of Topliss-reactive ketones (excluding diaryl/α,β-unsaturated/α-hetero) is 1. The molecule has 3 nitrogen and oxygen atoms in total. The standard InChI is InChI=1S/C11H7F3N2O/c12-11(13,14)9(17)7-5-6-3-1-2-4-8(6)16-10(7)15/h1-5H,(H2,15,16). The van der Waals surface area contributed by atoms with Crippen molar-refractivity contribution in [2.45, 2.75) is 6.18 Å². The molecule has 0 amide bonds. The van der Waals surface area contributed by atoms with Crippen molar-refractivity contribution in [1.29, 1.82) is 0 Å². The van der Waals surface area contributed by atoms with Crippen LogP contribution in [0.25, 0.3) is 10.9 Å². The van der Waals surface area contributed by atoms with Gasteiger partial charge >= 0.3 is 6.18 Å². The van der Waals surface area contributed by atoms with Gasteiger partial charge in [0, 0.05) is 5.39 Å². The van der Waals surface area contributed by atoms with Gasteiger partial charge in [0.05, 0.1) is 11.1 Å². The van der Waals surface area contributed by atoms with E-state index in [1.807, 2.05) is 0 Å². The molecule has 0 unspecified atom stereocenters. The van der Waals surface area contributed by atoms with Crippen LogP contribution in [0.4, 0.5) is 19.0 Å². The number of carbonyl (C=O) groups excluding carboxylic acids is 1. The van der Waals surface area contributed by atoms with E-state index in [1.165, 1.54) is 0 Å². The lowest BCUT2D eigenvalue weighted by Crippen LogP contribution is -2.24. The number of hydrogen-bond acceptors (Lipinski definition) is 3. The van der Waals surface area contributed by atoms with E-state index in [0.717, 1.165) is 6.07 Å². The van der Waals surface area contributed by atoms with E-state index in [4.69, 9.17) is 5.73 Å². The van der Waals surface area contributed by atoms with Gasteiger partial charge in [-0.05, 0) is 12.1 Å². The fourth-order valence-corrected chi connectivity index (χ4v) is 1.47. The fraction of sp³-hybridized carbons (Fsp3) is 0.0909. The number of nitrogen functional groups attached to an aromatic ring is 1. The summed E-state index contributed by atoms with van der Waals surface area (Å²) in [6, 6.07) is 7.60. The number of rotatable bonds is 1. The first-order valence-corrected chi connectivity index (χ1v) is 4.66. The second-order valence-electron chi connectivity index (χ2n) is 3.44. The summed E-state index contributed by atoms with van der Waals surface area (Å²) < 4.78 is 36.8. The zero-order valence-electron chi connectivity index (χ0n) is 8.45. The highest BCUT2D eigenvalue weighted by atomic mass is 19.4. The molecule has 6 heteroatoms. The maximum Gasteiger partial charge on any atom is 0.455 e. The van der Waals surface area contributed by atoms with Crippen LogP contribution >= 0.6 is 0 Å². The van der Waals surface area contributed by atoms with E-state index < -0.39 is 23.3 Å². The van der Waals surface area contributed by atoms with Crippen LogP contribution < -0.4 is 5.73 Å². The third kappa shape index (κ3) is 2.06. The first-order valence-electron chi connectivity index (χ1n) is 4.66. The van der Waals surface area contributed by atoms with Crippen molar-refractivity contribution < 1.29 is 18.0 Å². The van der Waals surface area contributed by atoms with Gasteiger partial charge in [0.15, 0.2) is 0 Å². The molecule has 2 N–H and O–H groups in total. The Kier molecular flexibility index (Phi) is 2.49. The normalized spacial score (nSPS) is 11.7. The van der Waals surface area contributed by atoms with Crippen molar-refractivity contribution in [3.8, 4) is 0 Å². The molecule has 0 aliphatic carbocycles. The minimum atomic E-state index is -4.95. The molecule has 0 aliphatic rings. The van der Waals surface area contributed by atoms with E-state index in [0.29, 0.717) is 10.9 Å². The van der Waals surface area contributed by atoms with Crippen LogP contribution in [0.3, 0.4) is 0 Å². The molecule has 2 rings (SSSR count). The predicted octanol–water partition coefficient (Wildman–Crippen LogP) is 2.56. The topological polar surface area (TPSA) is 56.0 Å². The predicted molar refractivity (Wildman–Crippen MR) is 56.5 cm³/mol. The summed E-state index contributed by atoms with van der Waals surface area (Å²) in [5.41, 5.74) is 5.19. The summed E-state index contributed by atoms with van der Waals surface area (Å²) in [5.74, 6) is -2.39.